The number of para-hydroxylation sites is 2. The van der Waals surface area contributed by atoms with Crippen molar-refractivity contribution in [1.82, 2.24) is 0 Å². The van der Waals surface area contributed by atoms with Crippen molar-refractivity contribution in [2.45, 2.75) is 41.5 Å². The van der Waals surface area contributed by atoms with Crippen LogP contribution < -0.4 is 3.27 Å². The van der Waals surface area contributed by atoms with Crippen molar-refractivity contribution < 1.29 is 0 Å². The van der Waals surface area contributed by atoms with Gasteiger partial charge in [-0.05, 0) is 0 Å². The quantitative estimate of drug-likeness (QED) is 0.204. The van der Waals surface area contributed by atoms with E-state index in [9.17, 15) is 0 Å². The van der Waals surface area contributed by atoms with Gasteiger partial charge in [-0.3, -0.25) is 0 Å². The summed E-state index contributed by atoms with van der Waals surface area (Å²) in [6.07, 6.45) is 0. The maximum atomic E-state index is 6.69. The first-order valence-electron chi connectivity index (χ1n) is 10.2. The predicted octanol–water partition coefficient (Wildman–Crippen LogP) is 7.37. The van der Waals surface area contributed by atoms with E-state index in [-0.39, 0.29) is 0 Å². The summed E-state index contributed by atoms with van der Waals surface area (Å²) in [5.41, 5.74) is 10.5. The molecule has 5 heteroatoms. The average molecular weight is 647 g/mol. The zero-order valence-electron chi connectivity index (χ0n) is 18.8. The first-order valence-corrected chi connectivity index (χ1v) is 20.5. The van der Waals surface area contributed by atoms with E-state index in [0.29, 0.717) is 0 Å². The van der Waals surface area contributed by atoms with Gasteiger partial charge in [-0.15, -0.1) is 0 Å². The fourth-order valence-electron chi connectivity index (χ4n) is 3.73. The van der Waals surface area contributed by atoms with Crippen molar-refractivity contribution in [3.05, 3.63) is 88.0 Å². The Hall–Kier alpha value is -1.54. The molecule has 0 aliphatic carbocycles. The zero-order chi connectivity index (χ0) is 22.7. The molecule has 0 bridgehead atoms. The molecule has 0 unspecified atom stereocenters. The third kappa shape index (κ3) is 5.45. The van der Waals surface area contributed by atoms with E-state index in [0.717, 1.165) is 59.5 Å². The summed E-state index contributed by atoms with van der Waals surface area (Å²) in [6, 6.07) is 18.7. The van der Waals surface area contributed by atoms with Gasteiger partial charge in [-0.1, -0.05) is 0 Å². The summed E-state index contributed by atoms with van der Waals surface area (Å²) in [6.45, 7) is 12.4. The van der Waals surface area contributed by atoms with E-state index >= 15 is 0 Å². The summed E-state index contributed by atoms with van der Waals surface area (Å²) < 4.78 is 1.04. The molecule has 0 saturated heterocycles. The predicted molar refractivity (Wildman–Crippen MR) is 139 cm³/mol. The maximum absolute atomic E-state index is 6.69. The van der Waals surface area contributed by atoms with Crippen LogP contribution in [0, 0.1) is 27.7 Å². The Bertz CT molecular complexity index is 1050. The van der Waals surface area contributed by atoms with Crippen molar-refractivity contribution in [3.63, 3.8) is 0 Å². The van der Waals surface area contributed by atoms with Gasteiger partial charge in [-0.2, -0.15) is 0 Å². The number of rotatable bonds is 5. The van der Waals surface area contributed by atoms with Gasteiger partial charge >= 0.3 is 202 Å². The van der Waals surface area contributed by atoms with Crippen molar-refractivity contribution in [2.24, 2.45) is 9.98 Å². The molecule has 3 rings (SSSR count). The SMILES string of the molecule is CC(=Nc1c(C)cccc1C)c1cccc(C(C)=Nc2c(C)cccc2C)[c]1[Bi]([Cl])[Cl]. The third-order valence-corrected chi connectivity index (χ3v) is 11.6. The van der Waals surface area contributed by atoms with Crippen LogP contribution in [0.3, 0.4) is 0 Å². The Kier molecular flexibility index (Phi) is 8.08. The molecule has 160 valence electrons. The van der Waals surface area contributed by atoms with Crippen LogP contribution in [0.1, 0.15) is 47.2 Å². The standard InChI is InChI=1S/C26H27N2.Bi.2ClH/c1-17-10-7-11-18(2)25(17)27-21(5)23-14-9-15-24(16-23)22(6)28-26-19(3)12-8-13-20(26)4;;;/h7-15H,1-6H3;;2*1H/q;+2;;/p-2. The first-order chi connectivity index (χ1) is 14.7. The van der Waals surface area contributed by atoms with E-state index in [1.54, 1.807) is 0 Å². The van der Waals surface area contributed by atoms with Crippen LogP contribution in [0.5, 0.6) is 0 Å². The van der Waals surface area contributed by atoms with E-state index in [1.807, 2.05) is 19.9 Å². The van der Waals surface area contributed by atoms with Gasteiger partial charge in [0, 0.05) is 0 Å². The molecule has 0 spiro atoms. The van der Waals surface area contributed by atoms with Gasteiger partial charge < -0.3 is 0 Å². The van der Waals surface area contributed by atoms with Crippen LogP contribution in [0.4, 0.5) is 11.4 Å². The monoisotopic (exact) mass is 646 g/mol. The normalized spacial score (nSPS) is 12.5. The van der Waals surface area contributed by atoms with Crippen molar-refractivity contribution in [3.8, 4) is 0 Å². The Balaban J connectivity index is 2.16. The van der Waals surface area contributed by atoms with Gasteiger partial charge in [-0.25, -0.2) is 0 Å². The van der Waals surface area contributed by atoms with E-state index in [1.165, 1.54) is 0 Å². The Morgan fingerprint density at radius 2 is 0.935 bits per heavy atom. The molecule has 0 fully saturated rings. The topological polar surface area (TPSA) is 24.7 Å². The molecule has 0 aliphatic heterocycles. The molecule has 0 amide bonds. The average Bonchev–Trinajstić information content (AvgIpc) is 2.72. The molecule has 3 aromatic rings. The minimum absolute atomic E-state index is 0.926. The molecule has 0 radical (unpaired) electrons. The van der Waals surface area contributed by atoms with Crippen molar-refractivity contribution in [1.29, 1.82) is 0 Å². The molecule has 0 N–H and O–H groups in total. The van der Waals surface area contributed by atoms with Gasteiger partial charge in [0.1, 0.15) is 0 Å². The Labute approximate surface area is 200 Å². The van der Waals surface area contributed by atoms with Crippen LogP contribution >= 0.6 is 17.0 Å². The Morgan fingerprint density at radius 1 is 0.613 bits per heavy atom. The van der Waals surface area contributed by atoms with Crippen LogP contribution in [0.25, 0.3) is 0 Å². The van der Waals surface area contributed by atoms with E-state index in [4.69, 9.17) is 27.0 Å². The second-order valence-corrected chi connectivity index (χ2v) is 18.8. The molecule has 0 saturated carbocycles. The number of nitrogens with zero attached hydrogens (tertiary/aromatic N) is 2. The third-order valence-electron chi connectivity index (χ3n) is 5.42. The molecular weight excluding hydrogens is 620 g/mol. The Morgan fingerprint density at radius 3 is 1.26 bits per heavy atom. The van der Waals surface area contributed by atoms with Crippen molar-refractivity contribution in [2.75, 3.05) is 0 Å². The molecule has 31 heavy (non-hydrogen) atoms. The molecule has 0 heterocycles. The molecule has 3 aromatic carbocycles. The molecule has 0 aromatic heterocycles. The number of hydrogen-bond acceptors (Lipinski definition) is 2. The van der Waals surface area contributed by atoms with Crippen LogP contribution in [0.2, 0.25) is 0 Å². The van der Waals surface area contributed by atoms with E-state index < -0.39 is 19.4 Å². The second-order valence-electron chi connectivity index (χ2n) is 7.81. The van der Waals surface area contributed by atoms with Gasteiger partial charge in [0.15, 0.2) is 0 Å². The number of aryl methyl sites for hydroxylation is 4. The van der Waals surface area contributed by atoms with Crippen LogP contribution in [-0.2, 0) is 0 Å². The summed E-state index contributed by atoms with van der Waals surface area (Å²) in [7, 11) is 13.4. The summed E-state index contributed by atoms with van der Waals surface area (Å²) >= 11 is -2.90. The molecular formula is C26H27BiCl2N2. The first kappa shape index (κ1) is 24.1. The number of aliphatic imine (C=N–C) groups is 2. The summed E-state index contributed by atoms with van der Waals surface area (Å²) in [5, 5.41) is 0. The van der Waals surface area contributed by atoms with Crippen molar-refractivity contribution >= 4 is 62.5 Å². The van der Waals surface area contributed by atoms with Crippen LogP contribution in [-0.4, -0.2) is 30.8 Å². The summed E-state index contributed by atoms with van der Waals surface area (Å²) in [5.74, 6) is 0. The molecule has 0 aliphatic rings. The number of halogens is 2. The number of benzene rings is 3. The van der Waals surface area contributed by atoms with Crippen LogP contribution in [0.15, 0.2) is 64.6 Å². The molecule has 0 atom stereocenters. The van der Waals surface area contributed by atoms with Gasteiger partial charge in [0.2, 0.25) is 0 Å². The fourth-order valence-corrected chi connectivity index (χ4v) is 10.2. The van der Waals surface area contributed by atoms with Gasteiger partial charge in [0.05, 0.1) is 0 Å². The number of hydrogen-bond donors (Lipinski definition) is 0. The van der Waals surface area contributed by atoms with Gasteiger partial charge in [0.25, 0.3) is 0 Å². The minimum atomic E-state index is -2.90. The zero-order valence-corrected chi connectivity index (χ0v) is 23.8. The second kappa shape index (κ2) is 10.4. The fraction of sp³-hybridized carbons (Fsp3) is 0.231. The van der Waals surface area contributed by atoms with E-state index in [2.05, 4.69) is 76.2 Å². The molecule has 2 nitrogen and oxygen atoms in total. The summed E-state index contributed by atoms with van der Waals surface area (Å²) in [4.78, 5) is 9.95.